The minimum atomic E-state index is -0.558. The van der Waals surface area contributed by atoms with Gasteiger partial charge in [0.15, 0.2) is 5.72 Å². The van der Waals surface area contributed by atoms with E-state index in [2.05, 4.69) is 0 Å². The van der Waals surface area contributed by atoms with Crippen molar-refractivity contribution < 1.29 is 14.3 Å². The first-order chi connectivity index (χ1) is 12.1. The number of rotatable bonds is 2. The van der Waals surface area contributed by atoms with Crippen molar-refractivity contribution in [3.8, 4) is 0 Å². The Kier molecular flexibility index (Phi) is 3.26. The van der Waals surface area contributed by atoms with E-state index in [0.29, 0.717) is 31.1 Å². The number of amides is 2. The van der Waals surface area contributed by atoms with Crippen LogP contribution in [0.5, 0.6) is 0 Å². The van der Waals surface area contributed by atoms with Crippen LogP contribution in [0.4, 0.5) is 0 Å². The van der Waals surface area contributed by atoms with Crippen LogP contribution >= 0.6 is 11.6 Å². The van der Waals surface area contributed by atoms with Gasteiger partial charge in [0.2, 0.25) is 11.8 Å². The molecule has 3 aliphatic heterocycles. The number of nitrogens with zero attached hydrogens (tertiary/aromatic N) is 2. The van der Waals surface area contributed by atoms with Gasteiger partial charge in [0.05, 0.1) is 24.5 Å². The van der Waals surface area contributed by atoms with Crippen molar-refractivity contribution in [2.75, 3.05) is 19.7 Å². The van der Waals surface area contributed by atoms with Gasteiger partial charge >= 0.3 is 0 Å². The summed E-state index contributed by atoms with van der Waals surface area (Å²) in [5.41, 5.74) is 0.0330. The van der Waals surface area contributed by atoms with Gasteiger partial charge in [-0.05, 0) is 30.5 Å². The Morgan fingerprint density at radius 1 is 1.16 bits per heavy atom. The monoisotopic (exact) mass is 360 g/mol. The number of halogens is 1. The van der Waals surface area contributed by atoms with Crippen molar-refractivity contribution in [3.63, 3.8) is 0 Å². The van der Waals surface area contributed by atoms with Gasteiger partial charge in [-0.3, -0.25) is 9.59 Å². The number of carbonyl (C=O) groups is 2. The number of benzene rings is 1. The van der Waals surface area contributed by atoms with Gasteiger partial charge in [0.25, 0.3) is 0 Å². The van der Waals surface area contributed by atoms with Gasteiger partial charge in [-0.1, -0.05) is 30.2 Å². The minimum absolute atomic E-state index is 0.120. The van der Waals surface area contributed by atoms with E-state index in [1.54, 1.807) is 0 Å². The van der Waals surface area contributed by atoms with Gasteiger partial charge in [-0.15, -0.1) is 0 Å². The molecule has 0 aromatic heterocycles. The number of hydrogen-bond donors (Lipinski definition) is 0. The zero-order valence-corrected chi connectivity index (χ0v) is 14.8. The molecule has 5 rings (SSSR count). The first kappa shape index (κ1) is 15.6. The maximum atomic E-state index is 13.6. The average Bonchev–Trinajstić information content (AvgIpc) is 3.19. The van der Waals surface area contributed by atoms with Crippen molar-refractivity contribution >= 4 is 23.4 Å². The Bertz CT molecular complexity index is 746. The molecule has 6 heteroatoms. The van der Waals surface area contributed by atoms with E-state index in [1.165, 1.54) is 0 Å². The van der Waals surface area contributed by atoms with Crippen LogP contribution in [0.25, 0.3) is 0 Å². The number of carbonyl (C=O) groups excluding carboxylic acids is 2. The van der Waals surface area contributed by atoms with Gasteiger partial charge in [-0.25, -0.2) is 0 Å². The van der Waals surface area contributed by atoms with Crippen LogP contribution < -0.4 is 0 Å². The molecule has 4 aliphatic rings. The number of likely N-dealkylation sites (tertiary alicyclic amines) is 1. The molecule has 0 bridgehead atoms. The fraction of sp³-hybridized carbons (Fsp3) is 0.579. The molecule has 1 spiro atoms. The van der Waals surface area contributed by atoms with E-state index >= 15 is 0 Å². The maximum Gasteiger partial charge on any atom is 0.233 e. The quantitative estimate of drug-likeness (QED) is 0.813. The van der Waals surface area contributed by atoms with E-state index < -0.39 is 11.1 Å². The van der Waals surface area contributed by atoms with E-state index in [-0.39, 0.29) is 17.9 Å². The van der Waals surface area contributed by atoms with Crippen molar-refractivity contribution in [2.24, 2.45) is 0 Å². The van der Waals surface area contributed by atoms with E-state index in [9.17, 15) is 9.59 Å². The second-order valence-electron chi connectivity index (χ2n) is 7.65. The lowest BCUT2D eigenvalue weighted by atomic mass is 9.63. The molecule has 5 nitrogen and oxygen atoms in total. The topological polar surface area (TPSA) is 49.9 Å². The van der Waals surface area contributed by atoms with Gasteiger partial charge in [-0.2, -0.15) is 0 Å². The molecule has 3 heterocycles. The molecule has 4 fully saturated rings. The summed E-state index contributed by atoms with van der Waals surface area (Å²) in [5, 5.41) is 0.683. The van der Waals surface area contributed by atoms with E-state index in [4.69, 9.17) is 16.3 Å². The summed E-state index contributed by atoms with van der Waals surface area (Å²) in [7, 11) is 0. The summed E-state index contributed by atoms with van der Waals surface area (Å²) in [4.78, 5) is 29.7. The third kappa shape index (κ3) is 1.94. The highest BCUT2D eigenvalue weighted by Crippen LogP contribution is 2.50. The zero-order chi connectivity index (χ0) is 17.2. The van der Waals surface area contributed by atoms with Crippen molar-refractivity contribution in [2.45, 2.75) is 49.3 Å². The summed E-state index contributed by atoms with van der Waals surface area (Å²) in [6, 6.07) is 7.53. The van der Waals surface area contributed by atoms with Crippen LogP contribution in [-0.2, 0) is 19.7 Å². The van der Waals surface area contributed by atoms with Crippen LogP contribution in [0.2, 0.25) is 5.02 Å². The summed E-state index contributed by atoms with van der Waals surface area (Å²) in [6.45, 7) is 1.90. The third-order valence-electron chi connectivity index (χ3n) is 6.67. The first-order valence-electron chi connectivity index (χ1n) is 9.08. The summed E-state index contributed by atoms with van der Waals surface area (Å²) in [5.74, 6) is 0.280. The van der Waals surface area contributed by atoms with E-state index in [0.717, 1.165) is 31.2 Å². The number of ether oxygens (including phenoxy) is 1. The molecule has 2 atom stereocenters. The van der Waals surface area contributed by atoms with Crippen LogP contribution in [0, 0.1) is 0 Å². The Hall–Kier alpha value is -1.59. The predicted octanol–water partition coefficient (Wildman–Crippen LogP) is 2.32. The lowest BCUT2D eigenvalue weighted by Crippen LogP contribution is -2.55. The molecule has 1 aliphatic carbocycles. The Balaban J connectivity index is 1.48. The van der Waals surface area contributed by atoms with Crippen LogP contribution in [-0.4, -0.2) is 53.1 Å². The Morgan fingerprint density at radius 3 is 2.60 bits per heavy atom. The van der Waals surface area contributed by atoms with Gasteiger partial charge in [0.1, 0.15) is 0 Å². The summed E-state index contributed by atoms with van der Waals surface area (Å²) in [6.07, 6.45) is 3.90. The largest absolute Gasteiger partial charge is 0.351 e. The highest BCUT2D eigenvalue weighted by Gasteiger charge is 2.64. The van der Waals surface area contributed by atoms with Crippen LogP contribution in [0.3, 0.4) is 0 Å². The minimum Gasteiger partial charge on any atom is -0.351 e. The SMILES string of the molecule is O=C1C[C@H]2N(C(=O)C3(c4ccc(Cl)cc4)CCC3)CC[C@]23OCCN13. The van der Waals surface area contributed by atoms with Crippen molar-refractivity contribution in [3.05, 3.63) is 34.9 Å². The number of hydrogen-bond acceptors (Lipinski definition) is 3. The second kappa shape index (κ2) is 5.21. The molecule has 3 saturated heterocycles. The maximum absolute atomic E-state index is 13.6. The van der Waals surface area contributed by atoms with Gasteiger partial charge in [0, 0.05) is 24.5 Å². The fourth-order valence-corrected chi connectivity index (χ4v) is 5.36. The lowest BCUT2D eigenvalue weighted by Gasteiger charge is -2.44. The second-order valence-corrected chi connectivity index (χ2v) is 8.09. The van der Waals surface area contributed by atoms with Crippen LogP contribution in [0.15, 0.2) is 24.3 Å². The van der Waals surface area contributed by atoms with Gasteiger partial charge < -0.3 is 14.5 Å². The Morgan fingerprint density at radius 2 is 1.92 bits per heavy atom. The fourth-order valence-electron chi connectivity index (χ4n) is 5.23. The molecule has 2 amide bonds. The first-order valence-corrected chi connectivity index (χ1v) is 9.46. The molecule has 25 heavy (non-hydrogen) atoms. The normalized spacial score (nSPS) is 32.5. The highest BCUT2D eigenvalue weighted by atomic mass is 35.5. The smallest absolute Gasteiger partial charge is 0.233 e. The molecule has 132 valence electrons. The third-order valence-corrected chi connectivity index (χ3v) is 6.93. The highest BCUT2D eigenvalue weighted by molar-refractivity contribution is 6.30. The van der Waals surface area contributed by atoms with Crippen LogP contribution in [0.1, 0.15) is 37.7 Å². The van der Waals surface area contributed by atoms with Crippen molar-refractivity contribution in [1.82, 2.24) is 9.80 Å². The molecular formula is C19H21ClN2O3. The molecular weight excluding hydrogens is 340 g/mol. The zero-order valence-electron chi connectivity index (χ0n) is 14.0. The lowest BCUT2D eigenvalue weighted by molar-refractivity contribution is -0.146. The predicted molar refractivity (Wildman–Crippen MR) is 92.1 cm³/mol. The molecule has 0 radical (unpaired) electrons. The average molecular weight is 361 g/mol. The summed E-state index contributed by atoms with van der Waals surface area (Å²) < 4.78 is 6.02. The molecule has 1 saturated carbocycles. The van der Waals surface area contributed by atoms with E-state index in [1.807, 2.05) is 34.1 Å². The standard InChI is InChI=1S/C19H21ClN2O3/c20-14-4-2-13(3-5-14)18(6-1-7-18)17(24)21-9-8-19-15(21)12-16(23)22(19)10-11-25-19/h2-5,15H,1,6-12H2/t15-,19+/m1/s1. The molecule has 1 aromatic carbocycles. The molecule has 0 unspecified atom stereocenters. The Labute approximate surface area is 151 Å². The molecule has 0 N–H and O–H groups in total. The molecule has 1 aromatic rings. The summed E-state index contributed by atoms with van der Waals surface area (Å²) >= 11 is 6.02. The van der Waals surface area contributed by atoms with Crippen molar-refractivity contribution in [1.29, 1.82) is 0 Å².